The Morgan fingerprint density at radius 3 is 2.30 bits per heavy atom. The zero-order valence-electron chi connectivity index (χ0n) is 20.3. The van der Waals surface area contributed by atoms with Crippen LogP contribution in [-0.2, 0) is 9.59 Å². The number of hydrogen-bond donors (Lipinski definition) is 1. The second-order valence-corrected chi connectivity index (χ2v) is 8.79. The maximum atomic E-state index is 13.0. The lowest BCUT2D eigenvalue weighted by atomic mass is 10.1. The minimum atomic E-state index is -1.04. The summed E-state index contributed by atoms with van der Waals surface area (Å²) >= 11 is 0. The summed E-state index contributed by atoms with van der Waals surface area (Å²) in [5.41, 5.74) is 1.44. The first-order chi connectivity index (χ1) is 17.8. The number of anilines is 2. The van der Waals surface area contributed by atoms with Gasteiger partial charge in [0.1, 0.15) is 24.1 Å². The Labute approximate surface area is 213 Å². The number of hydrogen-bond acceptors (Lipinski definition) is 6. The minimum absolute atomic E-state index is 0.230. The molecule has 0 fully saturated rings. The molecule has 2 atom stereocenters. The maximum absolute atomic E-state index is 13.0. The average molecular weight is 500 g/mol. The highest BCUT2D eigenvalue weighted by atomic mass is 16.5. The number of ether oxygens (including phenoxy) is 2. The van der Waals surface area contributed by atoms with Crippen LogP contribution in [-0.4, -0.2) is 53.8 Å². The number of amides is 4. The predicted octanol–water partition coefficient (Wildman–Crippen LogP) is 3.50. The van der Waals surface area contributed by atoms with E-state index in [0.717, 1.165) is 4.90 Å². The molecule has 2 aliphatic heterocycles. The number of benzene rings is 3. The molecule has 188 valence electrons. The van der Waals surface area contributed by atoms with Crippen molar-refractivity contribution in [3.8, 4) is 11.5 Å². The number of fused-ring (bicyclic) bond motifs is 2. The van der Waals surface area contributed by atoms with Crippen LogP contribution in [0.5, 0.6) is 11.5 Å². The van der Waals surface area contributed by atoms with E-state index in [4.69, 9.17) is 9.47 Å². The van der Waals surface area contributed by atoms with Gasteiger partial charge in [0, 0.05) is 5.69 Å². The highest BCUT2D eigenvalue weighted by Gasteiger charge is 2.40. The third-order valence-electron chi connectivity index (χ3n) is 6.35. The summed E-state index contributed by atoms with van der Waals surface area (Å²) in [6.07, 6.45) is -0.668. The Balaban J connectivity index is 1.31. The summed E-state index contributed by atoms with van der Waals surface area (Å²) in [5, 5.41) is 2.76. The van der Waals surface area contributed by atoms with Crippen LogP contribution in [0.2, 0.25) is 0 Å². The highest BCUT2D eigenvalue weighted by molar-refractivity contribution is 6.23. The largest absolute Gasteiger partial charge is 0.492 e. The van der Waals surface area contributed by atoms with Crippen molar-refractivity contribution in [2.24, 2.45) is 0 Å². The smallest absolute Gasteiger partial charge is 0.267 e. The summed E-state index contributed by atoms with van der Waals surface area (Å²) in [4.78, 5) is 54.0. The molecule has 9 heteroatoms. The summed E-state index contributed by atoms with van der Waals surface area (Å²) in [6.45, 7) is 3.71. The molecule has 3 aromatic rings. The SMILES string of the molecule is CC1Oc2ccc(NC(=O)C(C)N3C(=O)c4ccccc4C3=O)cc2N(CCOc2ccccc2)C1=O. The molecule has 0 saturated carbocycles. The monoisotopic (exact) mass is 499 g/mol. The standard InChI is InChI=1S/C28H25N3O6/c1-17(31-27(34)21-10-6-7-11-22(21)28(31)35)25(32)29-19-12-13-24-23(16-19)30(26(33)18(2)37-24)14-15-36-20-8-4-3-5-9-20/h3-13,16-18H,14-15H2,1-2H3,(H,29,32). The van der Waals surface area contributed by atoms with Crippen LogP contribution in [0.25, 0.3) is 0 Å². The zero-order chi connectivity index (χ0) is 26.1. The zero-order valence-corrected chi connectivity index (χ0v) is 20.3. The van der Waals surface area contributed by atoms with Gasteiger partial charge in [-0.1, -0.05) is 30.3 Å². The van der Waals surface area contributed by atoms with Gasteiger partial charge in [0.15, 0.2) is 6.10 Å². The molecule has 4 amide bonds. The molecule has 2 aliphatic rings. The Morgan fingerprint density at radius 1 is 0.973 bits per heavy atom. The Hall–Kier alpha value is -4.66. The fourth-order valence-corrected chi connectivity index (χ4v) is 4.41. The third kappa shape index (κ3) is 4.51. The Bertz CT molecular complexity index is 1350. The van der Waals surface area contributed by atoms with Gasteiger partial charge in [-0.25, -0.2) is 0 Å². The molecule has 37 heavy (non-hydrogen) atoms. The van der Waals surface area contributed by atoms with Crippen LogP contribution < -0.4 is 19.7 Å². The van der Waals surface area contributed by atoms with Crippen LogP contribution >= 0.6 is 0 Å². The first kappa shape index (κ1) is 24.1. The van der Waals surface area contributed by atoms with Crippen LogP contribution in [0.4, 0.5) is 11.4 Å². The first-order valence-corrected chi connectivity index (χ1v) is 11.9. The number of imide groups is 1. The molecule has 3 aromatic carbocycles. The van der Waals surface area contributed by atoms with E-state index in [9.17, 15) is 19.2 Å². The van der Waals surface area contributed by atoms with E-state index in [1.54, 1.807) is 54.3 Å². The van der Waals surface area contributed by atoms with Gasteiger partial charge in [0.25, 0.3) is 17.7 Å². The summed E-state index contributed by atoms with van der Waals surface area (Å²) in [7, 11) is 0. The molecule has 0 bridgehead atoms. The third-order valence-corrected chi connectivity index (χ3v) is 6.35. The van der Waals surface area contributed by atoms with E-state index in [1.165, 1.54) is 6.92 Å². The van der Waals surface area contributed by atoms with Crippen LogP contribution in [0.15, 0.2) is 72.8 Å². The molecule has 2 heterocycles. The van der Waals surface area contributed by atoms with Crippen molar-refractivity contribution in [2.75, 3.05) is 23.4 Å². The number of carbonyl (C=O) groups excluding carboxylic acids is 4. The van der Waals surface area contributed by atoms with E-state index in [1.807, 2.05) is 30.3 Å². The molecule has 5 rings (SSSR count). The van der Waals surface area contributed by atoms with Crippen molar-refractivity contribution in [3.63, 3.8) is 0 Å². The Kier molecular flexibility index (Phi) is 6.35. The fourth-order valence-electron chi connectivity index (χ4n) is 4.41. The molecule has 0 aromatic heterocycles. The van der Waals surface area contributed by atoms with Crippen molar-refractivity contribution in [3.05, 3.63) is 83.9 Å². The molecule has 0 aliphatic carbocycles. The topological polar surface area (TPSA) is 105 Å². The number of nitrogens with zero attached hydrogens (tertiary/aromatic N) is 2. The number of para-hydroxylation sites is 1. The molecule has 9 nitrogen and oxygen atoms in total. The average Bonchev–Trinajstić information content (AvgIpc) is 3.16. The van der Waals surface area contributed by atoms with Gasteiger partial charge in [-0.3, -0.25) is 24.1 Å². The van der Waals surface area contributed by atoms with Crippen LogP contribution in [0.1, 0.15) is 34.6 Å². The van der Waals surface area contributed by atoms with Crippen molar-refractivity contribution in [2.45, 2.75) is 26.0 Å². The lowest BCUT2D eigenvalue weighted by molar-refractivity contribution is -0.125. The van der Waals surface area contributed by atoms with Crippen LogP contribution in [0, 0.1) is 0 Å². The van der Waals surface area contributed by atoms with E-state index >= 15 is 0 Å². The van der Waals surface area contributed by atoms with E-state index in [2.05, 4.69) is 5.32 Å². The van der Waals surface area contributed by atoms with Gasteiger partial charge >= 0.3 is 0 Å². The van der Waals surface area contributed by atoms with Crippen molar-refractivity contribution < 1.29 is 28.7 Å². The maximum Gasteiger partial charge on any atom is 0.267 e. The lowest BCUT2D eigenvalue weighted by Gasteiger charge is -2.33. The molecule has 0 radical (unpaired) electrons. The van der Waals surface area contributed by atoms with Gasteiger partial charge in [-0.2, -0.15) is 0 Å². The fraction of sp³-hybridized carbons (Fsp3) is 0.214. The highest BCUT2D eigenvalue weighted by Crippen LogP contribution is 2.36. The molecular weight excluding hydrogens is 474 g/mol. The van der Waals surface area contributed by atoms with E-state index < -0.39 is 29.9 Å². The number of rotatable bonds is 7. The second kappa shape index (κ2) is 9.77. The molecule has 0 saturated heterocycles. The number of nitrogens with one attached hydrogen (secondary N) is 1. The summed E-state index contributed by atoms with van der Waals surface area (Å²) in [6, 6.07) is 19.7. The molecular formula is C28H25N3O6. The summed E-state index contributed by atoms with van der Waals surface area (Å²) in [5.74, 6) is -0.591. The van der Waals surface area contributed by atoms with E-state index in [-0.39, 0.29) is 30.2 Å². The van der Waals surface area contributed by atoms with Crippen molar-refractivity contribution in [1.29, 1.82) is 0 Å². The normalized spacial score (nSPS) is 17.1. The quantitative estimate of drug-likeness (QED) is 0.499. The van der Waals surface area contributed by atoms with E-state index in [0.29, 0.717) is 22.9 Å². The van der Waals surface area contributed by atoms with Gasteiger partial charge in [0.05, 0.1) is 23.4 Å². The minimum Gasteiger partial charge on any atom is -0.492 e. The second-order valence-electron chi connectivity index (χ2n) is 8.79. The van der Waals surface area contributed by atoms with Crippen molar-refractivity contribution in [1.82, 2.24) is 4.90 Å². The first-order valence-electron chi connectivity index (χ1n) is 11.9. The molecule has 1 N–H and O–H groups in total. The molecule has 0 spiro atoms. The lowest BCUT2D eigenvalue weighted by Crippen LogP contribution is -2.46. The molecule has 2 unspecified atom stereocenters. The van der Waals surface area contributed by atoms with Gasteiger partial charge in [-0.15, -0.1) is 0 Å². The predicted molar refractivity (Wildman–Crippen MR) is 136 cm³/mol. The van der Waals surface area contributed by atoms with Crippen molar-refractivity contribution >= 4 is 35.0 Å². The summed E-state index contributed by atoms with van der Waals surface area (Å²) < 4.78 is 11.5. The Morgan fingerprint density at radius 2 is 1.62 bits per heavy atom. The van der Waals surface area contributed by atoms with Gasteiger partial charge in [0.2, 0.25) is 5.91 Å². The number of carbonyl (C=O) groups is 4. The van der Waals surface area contributed by atoms with Crippen LogP contribution in [0.3, 0.4) is 0 Å². The van der Waals surface area contributed by atoms with Gasteiger partial charge < -0.3 is 19.7 Å². The van der Waals surface area contributed by atoms with Gasteiger partial charge in [-0.05, 0) is 56.3 Å².